The molecule has 3 aromatic heterocycles. The number of nitrogens with zero attached hydrogens (tertiary/aromatic N) is 7. The number of Topliss-reactive ketones (excluding diaryl/α,β-unsaturated/α-hetero) is 1. The largest absolute Gasteiger partial charge is 0.444 e. The second-order valence-corrected chi connectivity index (χ2v) is 11.7. The van der Waals surface area contributed by atoms with Crippen molar-refractivity contribution in [3.63, 3.8) is 0 Å². The summed E-state index contributed by atoms with van der Waals surface area (Å²) < 4.78 is 7.59. The summed E-state index contributed by atoms with van der Waals surface area (Å²) in [7, 11) is 0. The number of amides is 1. The van der Waals surface area contributed by atoms with Crippen molar-refractivity contribution in [1.82, 2.24) is 29.6 Å². The van der Waals surface area contributed by atoms with Crippen LogP contribution in [0, 0.1) is 6.92 Å². The fraction of sp³-hybridized carbons (Fsp3) is 0.400. The van der Waals surface area contributed by atoms with Crippen molar-refractivity contribution in [3.05, 3.63) is 60.0 Å². The molecule has 5 heterocycles. The Bertz CT molecular complexity index is 1630. The van der Waals surface area contributed by atoms with Crippen LogP contribution in [0.2, 0.25) is 0 Å². The molecule has 2 unspecified atom stereocenters. The van der Waals surface area contributed by atoms with Crippen molar-refractivity contribution in [2.45, 2.75) is 65.1 Å². The maximum Gasteiger partial charge on any atom is 0.410 e. The molecule has 6 rings (SSSR count). The zero-order valence-corrected chi connectivity index (χ0v) is 24.0. The molecule has 212 valence electrons. The molecule has 11 nitrogen and oxygen atoms in total. The maximum absolute atomic E-state index is 12.9. The highest BCUT2D eigenvalue weighted by atomic mass is 16.6. The second kappa shape index (κ2) is 10.1. The fourth-order valence-electron chi connectivity index (χ4n) is 5.74. The van der Waals surface area contributed by atoms with Crippen LogP contribution in [-0.4, -0.2) is 72.3 Å². The lowest BCUT2D eigenvalue weighted by Crippen LogP contribution is -2.42. The van der Waals surface area contributed by atoms with E-state index in [2.05, 4.69) is 25.4 Å². The summed E-state index contributed by atoms with van der Waals surface area (Å²) in [5.74, 6) is 1.89. The number of carbonyl (C=O) groups excluding carboxylic acids is 2. The van der Waals surface area contributed by atoms with Crippen molar-refractivity contribution in [2.24, 2.45) is 0 Å². The first-order valence-corrected chi connectivity index (χ1v) is 13.9. The van der Waals surface area contributed by atoms with Gasteiger partial charge in [0.25, 0.3) is 0 Å². The van der Waals surface area contributed by atoms with Crippen molar-refractivity contribution in [3.8, 4) is 5.82 Å². The number of carbonyl (C=O) groups is 2. The van der Waals surface area contributed by atoms with E-state index in [4.69, 9.17) is 9.72 Å². The number of fused-ring (bicyclic) bond motifs is 2. The van der Waals surface area contributed by atoms with Crippen LogP contribution in [0.25, 0.3) is 16.9 Å². The van der Waals surface area contributed by atoms with Crippen LogP contribution >= 0.6 is 0 Å². The lowest BCUT2D eigenvalue weighted by Gasteiger charge is -2.29. The number of hydrogen-bond acceptors (Lipinski definition) is 9. The molecule has 0 aliphatic carbocycles. The Morgan fingerprint density at radius 3 is 2.54 bits per heavy atom. The third kappa shape index (κ3) is 5.19. The molecule has 11 heteroatoms. The number of aromatic nitrogens is 5. The summed E-state index contributed by atoms with van der Waals surface area (Å²) in [4.78, 5) is 39.3. The summed E-state index contributed by atoms with van der Waals surface area (Å²) in [5.41, 5.74) is 3.37. The molecular formula is C30H34N8O3. The Kier molecular flexibility index (Phi) is 6.59. The molecule has 0 radical (unpaired) electrons. The van der Waals surface area contributed by atoms with Crippen LogP contribution in [0.4, 0.5) is 22.1 Å². The van der Waals surface area contributed by atoms with Gasteiger partial charge in [-0.15, -0.1) is 5.10 Å². The van der Waals surface area contributed by atoms with Crippen LogP contribution in [0.3, 0.4) is 0 Å². The Morgan fingerprint density at radius 2 is 1.80 bits per heavy atom. The third-order valence-electron chi connectivity index (χ3n) is 7.58. The SMILES string of the molecule is CC(=O)c1ccc(-n2cnc3ccc(Nc4ccc(C)nn4)cc32)nc1N1CCC2C1CCN2C(=O)OC(C)(C)C. The van der Waals surface area contributed by atoms with Crippen LogP contribution in [0.15, 0.2) is 48.8 Å². The lowest BCUT2D eigenvalue weighted by molar-refractivity contribution is 0.0228. The molecule has 0 saturated carbocycles. The van der Waals surface area contributed by atoms with Gasteiger partial charge < -0.3 is 19.9 Å². The number of pyridine rings is 1. The van der Waals surface area contributed by atoms with Crippen LogP contribution in [-0.2, 0) is 4.74 Å². The average molecular weight is 555 g/mol. The number of ether oxygens (including phenoxy) is 1. The van der Waals surface area contributed by atoms with Gasteiger partial charge in [-0.2, -0.15) is 5.10 Å². The number of aryl methyl sites for hydroxylation is 1. The number of ketones is 1. The molecule has 1 N–H and O–H groups in total. The lowest BCUT2D eigenvalue weighted by atomic mass is 10.1. The van der Waals surface area contributed by atoms with E-state index in [0.29, 0.717) is 36.1 Å². The van der Waals surface area contributed by atoms with E-state index in [-0.39, 0.29) is 24.0 Å². The van der Waals surface area contributed by atoms with Crippen molar-refractivity contribution in [1.29, 1.82) is 0 Å². The minimum Gasteiger partial charge on any atom is -0.444 e. The normalized spacial score (nSPS) is 18.6. The van der Waals surface area contributed by atoms with Gasteiger partial charge in [-0.1, -0.05) is 0 Å². The van der Waals surface area contributed by atoms with Gasteiger partial charge in [0.2, 0.25) is 0 Å². The first kappa shape index (κ1) is 26.7. The molecule has 2 aliphatic rings. The Labute approximate surface area is 238 Å². The first-order chi connectivity index (χ1) is 19.6. The van der Waals surface area contributed by atoms with Gasteiger partial charge in [-0.3, -0.25) is 9.36 Å². The molecule has 0 bridgehead atoms. The quantitative estimate of drug-likeness (QED) is 0.338. The molecule has 2 atom stereocenters. The standard InChI is InChI=1S/C30H34N8O3/c1-18-6-10-26(35-34-18)32-20-7-9-22-25(16-20)38(17-31-22)27-11-8-21(19(2)39)28(33-27)36-14-12-24-23(36)13-15-37(24)29(40)41-30(3,4)5/h6-11,16-17,23-24H,12-15H2,1-5H3,(H,32,35). The van der Waals surface area contributed by atoms with Crippen molar-refractivity contribution in [2.75, 3.05) is 23.3 Å². The van der Waals surface area contributed by atoms with Gasteiger partial charge in [-0.05, 0) is 89.9 Å². The second-order valence-electron chi connectivity index (χ2n) is 11.7. The van der Waals surface area contributed by atoms with Gasteiger partial charge >= 0.3 is 6.09 Å². The third-order valence-corrected chi connectivity index (χ3v) is 7.58. The summed E-state index contributed by atoms with van der Waals surface area (Å²) in [6.45, 7) is 10.4. The number of benzene rings is 1. The molecule has 41 heavy (non-hydrogen) atoms. The fourth-order valence-corrected chi connectivity index (χ4v) is 5.74. The van der Waals surface area contributed by atoms with E-state index in [1.54, 1.807) is 13.3 Å². The highest BCUT2D eigenvalue weighted by Gasteiger charge is 2.46. The summed E-state index contributed by atoms with van der Waals surface area (Å²) in [6, 6.07) is 13.4. The minimum atomic E-state index is -0.554. The molecule has 0 spiro atoms. The summed E-state index contributed by atoms with van der Waals surface area (Å²) in [6.07, 6.45) is 3.04. The Balaban J connectivity index is 1.32. The van der Waals surface area contributed by atoms with Gasteiger partial charge in [0.15, 0.2) is 11.6 Å². The van der Waals surface area contributed by atoms with E-state index in [1.807, 2.05) is 79.6 Å². The molecular weight excluding hydrogens is 520 g/mol. The van der Waals surface area contributed by atoms with E-state index in [1.165, 1.54) is 0 Å². The number of likely N-dealkylation sites (tertiary alicyclic amines) is 1. The zero-order valence-electron chi connectivity index (χ0n) is 24.0. The van der Waals surface area contributed by atoms with E-state index < -0.39 is 5.60 Å². The van der Waals surface area contributed by atoms with Crippen LogP contribution < -0.4 is 10.2 Å². The van der Waals surface area contributed by atoms with Gasteiger partial charge in [-0.25, -0.2) is 14.8 Å². The van der Waals surface area contributed by atoms with E-state index in [0.717, 1.165) is 35.3 Å². The molecule has 2 saturated heterocycles. The van der Waals surface area contributed by atoms with Gasteiger partial charge in [0, 0.05) is 18.8 Å². The van der Waals surface area contributed by atoms with Crippen molar-refractivity contribution >= 4 is 40.2 Å². The topological polar surface area (TPSA) is 118 Å². The summed E-state index contributed by atoms with van der Waals surface area (Å²) in [5, 5.41) is 11.6. The molecule has 4 aromatic rings. The zero-order chi connectivity index (χ0) is 28.9. The predicted molar refractivity (Wildman–Crippen MR) is 156 cm³/mol. The van der Waals surface area contributed by atoms with Crippen LogP contribution in [0.5, 0.6) is 0 Å². The first-order valence-electron chi connectivity index (χ1n) is 13.9. The monoisotopic (exact) mass is 554 g/mol. The molecule has 2 aliphatic heterocycles. The maximum atomic E-state index is 12.9. The highest BCUT2D eigenvalue weighted by Crippen LogP contribution is 2.37. The highest BCUT2D eigenvalue weighted by molar-refractivity contribution is 5.99. The van der Waals surface area contributed by atoms with Gasteiger partial charge in [0.1, 0.15) is 23.6 Å². The van der Waals surface area contributed by atoms with Gasteiger partial charge in [0.05, 0.1) is 34.4 Å². The number of hydrogen-bond donors (Lipinski definition) is 1. The average Bonchev–Trinajstić information content (AvgIpc) is 3.63. The summed E-state index contributed by atoms with van der Waals surface area (Å²) >= 11 is 0. The van der Waals surface area contributed by atoms with E-state index >= 15 is 0 Å². The number of anilines is 3. The Hall–Kier alpha value is -4.54. The molecule has 2 fully saturated rings. The minimum absolute atomic E-state index is 0.0164. The number of rotatable bonds is 5. The molecule has 1 aromatic carbocycles. The Morgan fingerprint density at radius 1 is 1.00 bits per heavy atom. The predicted octanol–water partition coefficient (Wildman–Crippen LogP) is 5.05. The smallest absolute Gasteiger partial charge is 0.410 e. The number of imidazole rings is 1. The van der Waals surface area contributed by atoms with Crippen LogP contribution in [0.1, 0.15) is 56.6 Å². The number of nitrogens with one attached hydrogen (secondary N) is 1. The van der Waals surface area contributed by atoms with E-state index in [9.17, 15) is 9.59 Å². The molecule has 1 amide bonds. The van der Waals surface area contributed by atoms with Crippen molar-refractivity contribution < 1.29 is 14.3 Å².